The van der Waals surface area contributed by atoms with Crippen molar-refractivity contribution in [3.63, 3.8) is 0 Å². The summed E-state index contributed by atoms with van der Waals surface area (Å²) in [6.45, 7) is 5.16. The monoisotopic (exact) mass is 415 g/mol. The minimum absolute atomic E-state index is 0.160. The molecular formula is C24H37N3O3. The molecule has 1 aliphatic carbocycles. The molecule has 1 amide bonds. The van der Waals surface area contributed by atoms with Crippen LogP contribution in [0.1, 0.15) is 44.9 Å². The lowest BCUT2D eigenvalue weighted by molar-refractivity contribution is -0.117. The predicted molar refractivity (Wildman–Crippen MR) is 120 cm³/mol. The normalized spacial score (nSPS) is 23.8. The highest BCUT2D eigenvalue weighted by Gasteiger charge is 2.26. The first-order valence-corrected chi connectivity index (χ1v) is 11.7. The number of anilines is 2. The number of nitrogens with zero attached hydrogens (tertiary/aromatic N) is 2. The number of likely N-dealkylation sites (N-methyl/N-ethyl adjacent to an activating group) is 1. The Hall–Kier alpha value is -1.63. The van der Waals surface area contributed by atoms with E-state index in [0.29, 0.717) is 31.6 Å². The summed E-state index contributed by atoms with van der Waals surface area (Å²) in [5.74, 6) is 0.739. The summed E-state index contributed by atoms with van der Waals surface area (Å²) in [6.07, 6.45) is 8.11. The van der Waals surface area contributed by atoms with Gasteiger partial charge in [-0.05, 0) is 56.8 Å². The van der Waals surface area contributed by atoms with E-state index in [1.807, 2.05) is 6.07 Å². The minimum Gasteiger partial charge on any atom is -0.376 e. The Morgan fingerprint density at radius 1 is 1.17 bits per heavy atom. The predicted octanol–water partition coefficient (Wildman–Crippen LogP) is 3.52. The van der Waals surface area contributed by atoms with Crippen molar-refractivity contribution in [2.75, 3.05) is 56.7 Å². The van der Waals surface area contributed by atoms with E-state index < -0.39 is 0 Å². The van der Waals surface area contributed by atoms with Gasteiger partial charge in [-0.25, -0.2) is 0 Å². The number of hydrogen-bond donors (Lipinski definition) is 1. The van der Waals surface area contributed by atoms with E-state index in [4.69, 9.17) is 9.47 Å². The second-order valence-electron chi connectivity index (χ2n) is 9.18. The van der Waals surface area contributed by atoms with Crippen molar-refractivity contribution in [2.24, 2.45) is 5.92 Å². The molecule has 1 saturated carbocycles. The molecule has 0 bridgehead atoms. The number of hydrogen-bond acceptors (Lipinski definition) is 5. The van der Waals surface area contributed by atoms with Crippen LogP contribution < -0.4 is 10.2 Å². The van der Waals surface area contributed by atoms with Crippen LogP contribution in [0.3, 0.4) is 0 Å². The molecule has 1 unspecified atom stereocenters. The van der Waals surface area contributed by atoms with Crippen LogP contribution in [0.5, 0.6) is 0 Å². The summed E-state index contributed by atoms with van der Waals surface area (Å²) in [6, 6.07) is 8.93. The molecule has 6 heteroatoms. The third-order valence-corrected chi connectivity index (χ3v) is 6.91. The Labute approximate surface area is 180 Å². The quantitative estimate of drug-likeness (QED) is 0.738. The van der Waals surface area contributed by atoms with E-state index in [1.165, 1.54) is 31.4 Å². The van der Waals surface area contributed by atoms with Crippen LogP contribution in [0.25, 0.3) is 0 Å². The van der Waals surface area contributed by atoms with Gasteiger partial charge in [-0.3, -0.25) is 4.79 Å². The Balaban J connectivity index is 1.25. The topological polar surface area (TPSA) is 54.0 Å². The third-order valence-electron chi connectivity index (χ3n) is 6.91. The molecule has 1 N–H and O–H groups in total. The summed E-state index contributed by atoms with van der Waals surface area (Å²) in [5.41, 5.74) is 2.13. The maximum atomic E-state index is 12.4. The molecule has 6 nitrogen and oxygen atoms in total. The first kappa shape index (κ1) is 21.6. The Bertz CT molecular complexity index is 678. The number of carbonyl (C=O) groups is 1. The van der Waals surface area contributed by atoms with Gasteiger partial charge in [0.1, 0.15) is 0 Å². The smallest absolute Gasteiger partial charge is 0.224 e. The molecular weight excluding hydrogens is 378 g/mol. The second kappa shape index (κ2) is 10.6. The number of rotatable bonds is 7. The molecule has 1 aromatic carbocycles. The Morgan fingerprint density at radius 2 is 1.97 bits per heavy atom. The van der Waals surface area contributed by atoms with Crippen LogP contribution in [0.4, 0.5) is 11.4 Å². The molecule has 4 rings (SSSR count). The summed E-state index contributed by atoms with van der Waals surface area (Å²) >= 11 is 0. The first-order valence-electron chi connectivity index (χ1n) is 11.7. The van der Waals surface area contributed by atoms with Gasteiger partial charge in [0.2, 0.25) is 5.91 Å². The maximum Gasteiger partial charge on any atom is 0.224 e. The van der Waals surface area contributed by atoms with E-state index in [1.54, 1.807) is 0 Å². The number of benzene rings is 1. The molecule has 0 spiro atoms. The van der Waals surface area contributed by atoms with Gasteiger partial charge < -0.3 is 24.6 Å². The molecule has 3 aliphatic rings. The van der Waals surface area contributed by atoms with Crippen molar-refractivity contribution in [3.8, 4) is 0 Å². The summed E-state index contributed by atoms with van der Waals surface area (Å²) in [7, 11) is 2.21. The van der Waals surface area contributed by atoms with Crippen molar-refractivity contribution < 1.29 is 14.3 Å². The van der Waals surface area contributed by atoms with E-state index >= 15 is 0 Å². The standard InChI is InChI=1S/C24H37N3O3/c1-26(17-23-18-29-13-14-30-23)21-9-11-27(12-10-21)22-8-4-7-20(16-22)25-24(28)15-19-5-2-3-6-19/h4,7-8,16,19,21,23H,2-3,5-6,9-15,17-18H2,1H3,(H,25,28). The van der Waals surface area contributed by atoms with Gasteiger partial charge >= 0.3 is 0 Å². The summed E-state index contributed by atoms with van der Waals surface area (Å²) < 4.78 is 11.3. The zero-order chi connectivity index (χ0) is 20.8. The molecule has 3 fully saturated rings. The van der Waals surface area contributed by atoms with Gasteiger partial charge in [-0.1, -0.05) is 18.9 Å². The van der Waals surface area contributed by atoms with E-state index in [-0.39, 0.29) is 12.0 Å². The zero-order valence-electron chi connectivity index (χ0n) is 18.4. The molecule has 0 radical (unpaired) electrons. The van der Waals surface area contributed by atoms with Crippen LogP contribution in [0.15, 0.2) is 24.3 Å². The SMILES string of the molecule is CN(CC1COCCO1)C1CCN(c2cccc(NC(=O)CC3CCCC3)c2)CC1. The van der Waals surface area contributed by atoms with Crippen molar-refractivity contribution in [3.05, 3.63) is 24.3 Å². The van der Waals surface area contributed by atoms with Gasteiger partial charge in [0.25, 0.3) is 0 Å². The van der Waals surface area contributed by atoms with Crippen molar-refractivity contribution in [2.45, 2.75) is 57.1 Å². The minimum atomic E-state index is 0.160. The molecule has 2 aliphatic heterocycles. The lowest BCUT2D eigenvalue weighted by Gasteiger charge is -2.39. The molecule has 1 aromatic rings. The summed E-state index contributed by atoms with van der Waals surface area (Å²) in [5, 5.41) is 3.12. The first-order chi connectivity index (χ1) is 14.7. The van der Waals surface area contributed by atoms with E-state index in [0.717, 1.165) is 44.8 Å². The molecule has 166 valence electrons. The highest BCUT2D eigenvalue weighted by Crippen LogP contribution is 2.29. The van der Waals surface area contributed by atoms with Crippen LogP contribution in [-0.2, 0) is 14.3 Å². The number of carbonyl (C=O) groups excluding carboxylic acids is 1. The molecule has 2 heterocycles. The molecule has 2 saturated heterocycles. The number of nitrogens with one attached hydrogen (secondary N) is 1. The highest BCUT2D eigenvalue weighted by molar-refractivity contribution is 5.91. The van der Waals surface area contributed by atoms with Crippen LogP contribution >= 0.6 is 0 Å². The van der Waals surface area contributed by atoms with Gasteiger partial charge in [0.15, 0.2) is 0 Å². The third kappa shape index (κ3) is 5.96. The van der Waals surface area contributed by atoms with Crippen LogP contribution in [0.2, 0.25) is 0 Å². The molecule has 1 atom stereocenters. The summed E-state index contributed by atoms with van der Waals surface area (Å²) in [4.78, 5) is 17.3. The van der Waals surface area contributed by atoms with Gasteiger partial charge in [-0.15, -0.1) is 0 Å². The Morgan fingerprint density at radius 3 is 2.70 bits per heavy atom. The molecule has 30 heavy (non-hydrogen) atoms. The Kier molecular flexibility index (Phi) is 7.63. The van der Waals surface area contributed by atoms with Crippen LogP contribution in [-0.4, -0.2) is 69.5 Å². The average Bonchev–Trinajstić information content (AvgIpc) is 3.27. The maximum absolute atomic E-state index is 12.4. The van der Waals surface area contributed by atoms with Crippen molar-refractivity contribution in [1.29, 1.82) is 0 Å². The van der Waals surface area contributed by atoms with Crippen molar-refractivity contribution >= 4 is 17.3 Å². The fourth-order valence-corrected chi connectivity index (χ4v) is 5.15. The lowest BCUT2D eigenvalue weighted by Crippen LogP contribution is -2.47. The fraction of sp³-hybridized carbons (Fsp3) is 0.708. The van der Waals surface area contributed by atoms with Crippen LogP contribution in [0, 0.1) is 5.92 Å². The average molecular weight is 416 g/mol. The second-order valence-corrected chi connectivity index (χ2v) is 9.18. The number of ether oxygens (including phenoxy) is 2. The lowest BCUT2D eigenvalue weighted by atomic mass is 10.0. The highest BCUT2D eigenvalue weighted by atomic mass is 16.6. The number of piperidine rings is 1. The van der Waals surface area contributed by atoms with Crippen molar-refractivity contribution in [1.82, 2.24) is 4.90 Å². The van der Waals surface area contributed by atoms with E-state index in [9.17, 15) is 4.79 Å². The zero-order valence-corrected chi connectivity index (χ0v) is 18.4. The molecule has 0 aromatic heterocycles. The van der Waals surface area contributed by atoms with Gasteiger partial charge in [0, 0.05) is 43.5 Å². The number of amides is 1. The fourth-order valence-electron chi connectivity index (χ4n) is 5.15. The van der Waals surface area contributed by atoms with Gasteiger partial charge in [-0.2, -0.15) is 0 Å². The van der Waals surface area contributed by atoms with E-state index in [2.05, 4.69) is 40.4 Å². The largest absolute Gasteiger partial charge is 0.376 e. The van der Waals surface area contributed by atoms with Gasteiger partial charge in [0.05, 0.1) is 25.9 Å².